The summed E-state index contributed by atoms with van der Waals surface area (Å²) in [6.45, 7) is 5.81. The van der Waals surface area contributed by atoms with Crippen molar-refractivity contribution in [3.05, 3.63) is 40.9 Å². The zero-order valence-electron chi connectivity index (χ0n) is 15.6. The van der Waals surface area contributed by atoms with E-state index in [1.54, 1.807) is 29.8 Å². The highest BCUT2D eigenvalue weighted by Gasteiger charge is 2.23. The quantitative estimate of drug-likeness (QED) is 0.446. The lowest BCUT2D eigenvalue weighted by atomic mass is 10.2. The molecule has 1 fully saturated rings. The van der Waals surface area contributed by atoms with E-state index in [0.717, 1.165) is 62.9 Å². The van der Waals surface area contributed by atoms with Crippen molar-refractivity contribution in [1.29, 1.82) is 0 Å². The Morgan fingerprint density at radius 2 is 1.61 bits per heavy atom. The van der Waals surface area contributed by atoms with Crippen LogP contribution in [-0.4, -0.2) is 43.3 Å². The summed E-state index contributed by atoms with van der Waals surface area (Å²) < 4.78 is 7.84. The summed E-state index contributed by atoms with van der Waals surface area (Å²) in [4.78, 5) is 14.4. The molecular formula is C20H19ClN4OS2. The van der Waals surface area contributed by atoms with E-state index < -0.39 is 0 Å². The van der Waals surface area contributed by atoms with Gasteiger partial charge in [-0.2, -0.15) is 0 Å². The van der Waals surface area contributed by atoms with E-state index in [9.17, 15) is 0 Å². The summed E-state index contributed by atoms with van der Waals surface area (Å²) in [5.41, 5.74) is 3.11. The highest BCUT2D eigenvalue weighted by atomic mass is 35.5. The third kappa shape index (κ3) is 2.98. The zero-order valence-corrected chi connectivity index (χ0v) is 18.0. The minimum Gasteiger partial charge on any atom is -0.494 e. The Labute approximate surface area is 176 Å². The number of rotatable bonds is 3. The molecule has 0 amide bonds. The SMILES string of the molecule is COc1ccc(C)c2sc(N3CCN(c4nc5c(Cl)cccc5s4)CC3)nc12. The minimum absolute atomic E-state index is 0.720. The van der Waals surface area contributed by atoms with Crippen molar-refractivity contribution in [3.8, 4) is 5.75 Å². The van der Waals surface area contributed by atoms with Crippen molar-refractivity contribution in [3.63, 3.8) is 0 Å². The number of fused-ring (bicyclic) bond motifs is 2. The Morgan fingerprint density at radius 3 is 2.29 bits per heavy atom. The molecule has 5 nitrogen and oxygen atoms in total. The lowest BCUT2D eigenvalue weighted by Crippen LogP contribution is -2.46. The van der Waals surface area contributed by atoms with Crippen molar-refractivity contribution in [1.82, 2.24) is 9.97 Å². The molecule has 5 rings (SSSR count). The van der Waals surface area contributed by atoms with Crippen LogP contribution in [0.5, 0.6) is 5.75 Å². The number of methoxy groups -OCH3 is 1. The van der Waals surface area contributed by atoms with Crippen LogP contribution in [0.3, 0.4) is 0 Å². The van der Waals surface area contributed by atoms with Gasteiger partial charge in [0.1, 0.15) is 16.8 Å². The molecule has 3 heterocycles. The maximum Gasteiger partial charge on any atom is 0.186 e. The normalized spacial score (nSPS) is 15.0. The van der Waals surface area contributed by atoms with Gasteiger partial charge in [-0.3, -0.25) is 0 Å². The number of piperazine rings is 1. The highest BCUT2D eigenvalue weighted by molar-refractivity contribution is 7.22. The predicted octanol–water partition coefficient (Wildman–Crippen LogP) is 5.20. The predicted molar refractivity (Wildman–Crippen MR) is 120 cm³/mol. The van der Waals surface area contributed by atoms with E-state index >= 15 is 0 Å². The molecule has 0 atom stereocenters. The second-order valence-electron chi connectivity index (χ2n) is 6.82. The number of para-hydroxylation sites is 1. The van der Waals surface area contributed by atoms with E-state index in [-0.39, 0.29) is 0 Å². The number of thiazole rings is 2. The first-order valence-electron chi connectivity index (χ1n) is 9.13. The molecule has 0 bridgehead atoms. The van der Waals surface area contributed by atoms with Crippen molar-refractivity contribution in [2.24, 2.45) is 0 Å². The molecule has 1 saturated heterocycles. The maximum absolute atomic E-state index is 6.29. The van der Waals surface area contributed by atoms with E-state index in [1.165, 1.54) is 10.3 Å². The number of halogens is 1. The van der Waals surface area contributed by atoms with Gasteiger partial charge < -0.3 is 14.5 Å². The molecule has 2 aromatic heterocycles. The topological polar surface area (TPSA) is 41.5 Å². The lowest BCUT2D eigenvalue weighted by Gasteiger charge is -2.34. The van der Waals surface area contributed by atoms with Crippen molar-refractivity contribution in [2.45, 2.75) is 6.92 Å². The molecule has 0 unspecified atom stereocenters. The molecular weight excluding hydrogens is 412 g/mol. The van der Waals surface area contributed by atoms with Crippen LogP contribution in [0.1, 0.15) is 5.56 Å². The molecule has 8 heteroatoms. The molecule has 0 radical (unpaired) electrons. The first-order chi connectivity index (χ1) is 13.6. The van der Waals surface area contributed by atoms with Crippen LogP contribution >= 0.6 is 34.3 Å². The van der Waals surface area contributed by atoms with Gasteiger partial charge in [-0.15, -0.1) is 0 Å². The standard InChI is InChI=1S/C20H19ClN4OS2/c1-12-6-7-14(26-2)17-18(12)28-20(23-17)25-10-8-24(9-11-25)19-22-16-13(21)4-3-5-15(16)27-19/h3-7H,8-11H2,1-2H3. The van der Waals surface area contributed by atoms with Gasteiger partial charge in [0.25, 0.3) is 0 Å². The van der Waals surface area contributed by atoms with Gasteiger partial charge in [0.2, 0.25) is 0 Å². The summed E-state index contributed by atoms with van der Waals surface area (Å²) in [5, 5.41) is 2.83. The molecule has 0 aliphatic carbocycles. The van der Waals surface area contributed by atoms with Crippen LogP contribution < -0.4 is 14.5 Å². The number of aromatic nitrogens is 2. The number of hydrogen-bond acceptors (Lipinski definition) is 7. The first kappa shape index (κ1) is 18.0. The van der Waals surface area contributed by atoms with E-state index in [1.807, 2.05) is 18.2 Å². The van der Waals surface area contributed by atoms with Gasteiger partial charge in [-0.1, -0.05) is 46.4 Å². The number of benzene rings is 2. The van der Waals surface area contributed by atoms with E-state index in [4.69, 9.17) is 26.3 Å². The number of anilines is 2. The third-order valence-electron chi connectivity index (χ3n) is 5.09. The van der Waals surface area contributed by atoms with E-state index in [0.29, 0.717) is 0 Å². The van der Waals surface area contributed by atoms with E-state index in [2.05, 4.69) is 28.9 Å². The molecule has 0 N–H and O–H groups in total. The second-order valence-corrected chi connectivity index (χ2v) is 9.21. The zero-order chi connectivity index (χ0) is 19.3. The summed E-state index contributed by atoms with van der Waals surface area (Å²) in [7, 11) is 1.70. The maximum atomic E-state index is 6.29. The van der Waals surface area contributed by atoms with Crippen LogP contribution in [0.4, 0.5) is 10.3 Å². The number of nitrogens with zero attached hydrogens (tertiary/aromatic N) is 4. The number of hydrogen-bond donors (Lipinski definition) is 0. The second kappa shape index (κ2) is 7.06. The summed E-state index contributed by atoms with van der Waals surface area (Å²) in [6, 6.07) is 10.1. The molecule has 0 saturated carbocycles. The summed E-state index contributed by atoms with van der Waals surface area (Å²) >= 11 is 9.75. The van der Waals surface area contributed by atoms with Crippen LogP contribution in [0.2, 0.25) is 5.02 Å². The Hall–Kier alpha value is -2.09. The van der Waals surface area contributed by atoms with Crippen molar-refractivity contribution >= 4 is 65.0 Å². The number of ether oxygens (including phenoxy) is 1. The Bertz CT molecular complexity index is 1160. The van der Waals surface area contributed by atoms with Gasteiger partial charge in [0, 0.05) is 26.2 Å². The molecule has 2 aromatic carbocycles. The Kier molecular flexibility index (Phi) is 4.53. The van der Waals surface area contributed by atoms with Gasteiger partial charge in [-0.05, 0) is 30.7 Å². The monoisotopic (exact) mass is 430 g/mol. The summed E-state index contributed by atoms with van der Waals surface area (Å²) in [5.74, 6) is 0.841. The Balaban J connectivity index is 1.37. The van der Waals surface area contributed by atoms with Crippen LogP contribution in [0.25, 0.3) is 20.4 Å². The fourth-order valence-corrected chi connectivity index (χ4v) is 5.95. The minimum atomic E-state index is 0.720. The Morgan fingerprint density at radius 1 is 0.929 bits per heavy atom. The summed E-state index contributed by atoms with van der Waals surface area (Å²) in [6.07, 6.45) is 0. The molecule has 0 spiro atoms. The van der Waals surface area contributed by atoms with Gasteiger partial charge >= 0.3 is 0 Å². The average molecular weight is 431 g/mol. The van der Waals surface area contributed by atoms with Crippen LogP contribution in [0.15, 0.2) is 30.3 Å². The van der Waals surface area contributed by atoms with Crippen LogP contribution in [-0.2, 0) is 0 Å². The molecule has 1 aliphatic rings. The molecule has 28 heavy (non-hydrogen) atoms. The van der Waals surface area contributed by atoms with Gasteiger partial charge in [-0.25, -0.2) is 9.97 Å². The fourth-order valence-electron chi connectivity index (χ4n) is 3.53. The molecule has 144 valence electrons. The molecule has 4 aromatic rings. The lowest BCUT2D eigenvalue weighted by molar-refractivity contribution is 0.419. The number of aryl methyl sites for hydroxylation is 1. The van der Waals surface area contributed by atoms with Crippen molar-refractivity contribution in [2.75, 3.05) is 43.1 Å². The average Bonchev–Trinajstić information content (AvgIpc) is 3.35. The fraction of sp³-hybridized carbons (Fsp3) is 0.300. The first-order valence-corrected chi connectivity index (χ1v) is 11.1. The van der Waals surface area contributed by atoms with Gasteiger partial charge in [0.15, 0.2) is 10.3 Å². The van der Waals surface area contributed by atoms with Crippen LogP contribution in [0, 0.1) is 6.92 Å². The highest BCUT2D eigenvalue weighted by Crippen LogP contribution is 2.37. The smallest absolute Gasteiger partial charge is 0.186 e. The molecule has 1 aliphatic heterocycles. The third-order valence-corrected chi connectivity index (χ3v) is 7.73. The van der Waals surface area contributed by atoms with Gasteiger partial charge in [0.05, 0.1) is 21.5 Å². The largest absolute Gasteiger partial charge is 0.494 e. The van der Waals surface area contributed by atoms with Crippen molar-refractivity contribution < 1.29 is 4.74 Å².